The molecule has 1 aromatic rings. The fraction of sp³-hybridized carbons (Fsp3) is 0.462. The molecule has 0 saturated carbocycles. The van der Waals surface area contributed by atoms with Gasteiger partial charge in [-0.3, -0.25) is 5.41 Å². The molecule has 0 spiro atoms. The molecular weight excluding hydrogens is 262 g/mol. The number of sulfonamides is 1. The maximum Gasteiger partial charge on any atom is 0.243 e. The average Bonchev–Trinajstić information content (AvgIpc) is 2.47. The lowest BCUT2D eigenvalue weighted by Crippen LogP contribution is -2.50. The van der Waals surface area contributed by atoms with Crippen molar-refractivity contribution in [1.82, 2.24) is 9.21 Å². The smallest absolute Gasteiger partial charge is 0.243 e. The second kappa shape index (κ2) is 5.71. The van der Waals surface area contributed by atoms with E-state index < -0.39 is 10.0 Å². The minimum absolute atomic E-state index is 0.342. The number of nitrogens with one attached hydrogen (secondary N) is 1. The first kappa shape index (κ1) is 14.0. The molecule has 1 aliphatic heterocycles. The van der Waals surface area contributed by atoms with Gasteiger partial charge in [0.05, 0.1) is 10.7 Å². The molecule has 0 amide bonds. The Hall–Kier alpha value is -1.40. The highest BCUT2D eigenvalue weighted by Gasteiger charge is 2.28. The van der Waals surface area contributed by atoms with Crippen molar-refractivity contribution in [3.05, 3.63) is 30.3 Å². The fourth-order valence-corrected chi connectivity index (χ4v) is 3.61. The Balaban J connectivity index is 2.08. The van der Waals surface area contributed by atoms with Crippen LogP contribution in [0, 0.1) is 5.41 Å². The van der Waals surface area contributed by atoms with E-state index in [1.165, 1.54) is 4.31 Å². The van der Waals surface area contributed by atoms with E-state index in [2.05, 4.69) is 0 Å². The average molecular weight is 281 g/mol. The summed E-state index contributed by atoms with van der Waals surface area (Å²) in [7, 11) is -3.38. The monoisotopic (exact) mass is 281 g/mol. The maximum absolute atomic E-state index is 12.4. The second-order valence-corrected chi connectivity index (χ2v) is 6.44. The van der Waals surface area contributed by atoms with Crippen molar-refractivity contribution in [3.63, 3.8) is 0 Å². The van der Waals surface area contributed by atoms with Gasteiger partial charge in [-0.1, -0.05) is 25.1 Å². The lowest BCUT2D eigenvalue weighted by molar-refractivity contribution is 0.262. The summed E-state index contributed by atoms with van der Waals surface area (Å²) < 4.78 is 26.3. The van der Waals surface area contributed by atoms with Crippen LogP contribution >= 0.6 is 0 Å². The molecule has 1 aromatic carbocycles. The Bertz CT molecular complexity index is 534. The molecule has 0 aliphatic carbocycles. The van der Waals surface area contributed by atoms with Crippen LogP contribution in [0.1, 0.15) is 13.3 Å². The Morgan fingerprint density at radius 1 is 1.16 bits per heavy atom. The van der Waals surface area contributed by atoms with Crippen LogP contribution in [-0.2, 0) is 10.0 Å². The molecule has 0 unspecified atom stereocenters. The highest BCUT2D eigenvalue weighted by atomic mass is 32.2. The van der Waals surface area contributed by atoms with E-state index in [0.717, 1.165) is 0 Å². The van der Waals surface area contributed by atoms with Crippen molar-refractivity contribution in [2.45, 2.75) is 18.2 Å². The number of benzene rings is 1. The summed E-state index contributed by atoms with van der Waals surface area (Å²) in [5, 5.41) is 7.78. The van der Waals surface area contributed by atoms with E-state index in [0.29, 0.717) is 43.3 Å². The third-order valence-electron chi connectivity index (χ3n) is 3.34. The summed E-state index contributed by atoms with van der Waals surface area (Å²) in [6.07, 6.45) is 0.686. The van der Waals surface area contributed by atoms with Gasteiger partial charge >= 0.3 is 0 Å². The maximum atomic E-state index is 12.4. The van der Waals surface area contributed by atoms with Crippen molar-refractivity contribution in [1.29, 1.82) is 5.41 Å². The number of hydrogen-bond donors (Lipinski definition) is 1. The van der Waals surface area contributed by atoms with Crippen LogP contribution in [0.5, 0.6) is 0 Å². The van der Waals surface area contributed by atoms with E-state index in [-0.39, 0.29) is 0 Å². The van der Waals surface area contributed by atoms with Crippen molar-refractivity contribution >= 4 is 15.9 Å². The largest absolute Gasteiger partial charge is 0.358 e. The summed E-state index contributed by atoms with van der Waals surface area (Å²) >= 11 is 0. The quantitative estimate of drug-likeness (QED) is 0.672. The summed E-state index contributed by atoms with van der Waals surface area (Å²) in [4.78, 5) is 2.28. The van der Waals surface area contributed by atoms with Crippen LogP contribution in [0.15, 0.2) is 35.2 Å². The van der Waals surface area contributed by atoms with Gasteiger partial charge in [-0.25, -0.2) is 8.42 Å². The van der Waals surface area contributed by atoms with E-state index in [1.807, 2.05) is 11.8 Å². The zero-order valence-corrected chi connectivity index (χ0v) is 11.9. The van der Waals surface area contributed by atoms with E-state index >= 15 is 0 Å². The minimum Gasteiger partial charge on any atom is -0.358 e. The van der Waals surface area contributed by atoms with Gasteiger partial charge in [0.1, 0.15) is 0 Å². The lowest BCUT2D eigenvalue weighted by atomic mass is 10.3. The number of amidine groups is 1. The predicted molar refractivity (Wildman–Crippen MR) is 74.8 cm³/mol. The number of nitrogens with zero attached hydrogens (tertiary/aromatic N) is 2. The third kappa shape index (κ3) is 2.96. The molecule has 19 heavy (non-hydrogen) atoms. The molecule has 1 saturated heterocycles. The van der Waals surface area contributed by atoms with E-state index in [9.17, 15) is 8.42 Å². The molecule has 104 valence electrons. The Kier molecular flexibility index (Phi) is 4.21. The number of piperazine rings is 1. The second-order valence-electron chi connectivity index (χ2n) is 4.50. The molecule has 0 atom stereocenters. The van der Waals surface area contributed by atoms with Crippen molar-refractivity contribution in [2.24, 2.45) is 0 Å². The molecule has 0 bridgehead atoms. The minimum atomic E-state index is -3.38. The predicted octanol–water partition coefficient (Wildman–Crippen LogP) is 1.38. The zero-order valence-electron chi connectivity index (χ0n) is 11.0. The standard InChI is InChI=1S/C13H19N3O2S/c1-2-13(14)15-8-10-16(11-9-15)19(17,18)12-6-4-3-5-7-12/h3-7,14H,2,8-11H2,1H3. The molecule has 6 heteroatoms. The van der Waals surface area contributed by atoms with Gasteiger partial charge < -0.3 is 4.90 Å². The third-order valence-corrected chi connectivity index (χ3v) is 5.25. The van der Waals surface area contributed by atoms with Gasteiger partial charge in [-0.2, -0.15) is 4.31 Å². The molecule has 0 aromatic heterocycles. The molecule has 1 fully saturated rings. The van der Waals surface area contributed by atoms with Crippen LogP contribution in [-0.4, -0.2) is 49.6 Å². The first-order valence-electron chi connectivity index (χ1n) is 6.43. The zero-order chi connectivity index (χ0) is 13.9. The number of hydrogen-bond acceptors (Lipinski definition) is 3. The van der Waals surface area contributed by atoms with E-state index in [4.69, 9.17) is 5.41 Å². The Morgan fingerprint density at radius 2 is 1.74 bits per heavy atom. The molecule has 1 N–H and O–H groups in total. The van der Waals surface area contributed by atoms with Gasteiger partial charge in [-0.05, 0) is 12.1 Å². The summed E-state index contributed by atoms with van der Waals surface area (Å²) in [5.41, 5.74) is 0. The van der Waals surface area contributed by atoms with Crippen LogP contribution in [0.3, 0.4) is 0 Å². The van der Waals surface area contributed by atoms with Crippen LogP contribution in [0.4, 0.5) is 0 Å². The molecule has 1 heterocycles. The van der Waals surface area contributed by atoms with Gasteiger partial charge in [0, 0.05) is 32.6 Å². The first-order chi connectivity index (χ1) is 9.05. The molecule has 5 nitrogen and oxygen atoms in total. The van der Waals surface area contributed by atoms with Crippen molar-refractivity contribution in [2.75, 3.05) is 26.2 Å². The van der Waals surface area contributed by atoms with Crippen molar-refractivity contribution in [3.8, 4) is 0 Å². The fourth-order valence-electron chi connectivity index (χ4n) is 2.16. The molecule has 0 radical (unpaired) electrons. The van der Waals surface area contributed by atoms with E-state index in [1.54, 1.807) is 30.3 Å². The highest BCUT2D eigenvalue weighted by Crippen LogP contribution is 2.17. The summed E-state index contributed by atoms with van der Waals surface area (Å²) in [6.45, 7) is 4.02. The van der Waals surface area contributed by atoms with Crippen LogP contribution < -0.4 is 0 Å². The van der Waals surface area contributed by atoms with Crippen LogP contribution in [0.2, 0.25) is 0 Å². The summed E-state index contributed by atoms with van der Waals surface area (Å²) in [6, 6.07) is 8.51. The SMILES string of the molecule is CCC(=N)N1CCN(S(=O)(=O)c2ccccc2)CC1. The van der Waals surface area contributed by atoms with Gasteiger partial charge in [0.15, 0.2) is 0 Å². The van der Waals surface area contributed by atoms with Gasteiger partial charge in [0.2, 0.25) is 10.0 Å². The topological polar surface area (TPSA) is 64.5 Å². The lowest BCUT2D eigenvalue weighted by Gasteiger charge is -2.35. The van der Waals surface area contributed by atoms with Gasteiger partial charge in [0.25, 0.3) is 0 Å². The van der Waals surface area contributed by atoms with Gasteiger partial charge in [-0.15, -0.1) is 0 Å². The van der Waals surface area contributed by atoms with Crippen LogP contribution in [0.25, 0.3) is 0 Å². The highest BCUT2D eigenvalue weighted by molar-refractivity contribution is 7.89. The molecular formula is C13H19N3O2S. The Labute approximate surface area is 114 Å². The number of rotatable bonds is 3. The summed E-state index contributed by atoms with van der Waals surface area (Å²) in [5.74, 6) is 0.580. The molecule has 2 rings (SSSR count). The van der Waals surface area contributed by atoms with Crippen molar-refractivity contribution < 1.29 is 8.42 Å². The first-order valence-corrected chi connectivity index (χ1v) is 7.87. The Morgan fingerprint density at radius 3 is 2.26 bits per heavy atom. The normalized spacial score (nSPS) is 17.4. The molecule has 1 aliphatic rings.